The van der Waals surface area contributed by atoms with Crippen molar-refractivity contribution in [2.24, 2.45) is 0 Å². The van der Waals surface area contributed by atoms with Crippen molar-refractivity contribution in [2.75, 3.05) is 0 Å². The average Bonchev–Trinajstić information content (AvgIpc) is 2.46. The maximum atomic E-state index is 13.3. The van der Waals surface area contributed by atoms with Gasteiger partial charge in [-0.05, 0) is 42.7 Å². The fourth-order valence-corrected chi connectivity index (χ4v) is 1.57. The highest BCUT2D eigenvalue weighted by molar-refractivity contribution is 5.34. The molecule has 0 radical (unpaired) electrons. The third kappa shape index (κ3) is 4.40. The lowest BCUT2D eigenvalue weighted by Gasteiger charge is -2.07. The molecule has 0 fully saturated rings. The Labute approximate surface area is 115 Å². The summed E-state index contributed by atoms with van der Waals surface area (Å²) in [7, 11) is 0. The molecule has 0 aliphatic heterocycles. The van der Waals surface area contributed by atoms with Gasteiger partial charge in [-0.25, -0.2) is 4.39 Å². The molecule has 19 heavy (non-hydrogen) atoms. The van der Waals surface area contributed by atoms with Gasteiger partial charge in [0.25, 0.3) is 0 Å². The van der Waals surface area contributed by atoms with Crippen LogP contribution in [0.25, 0.3) is 0 Å². The van der Waals surface area contributed by atoms with E-state index in [2.05, 4.69) is 6.92 Å². The van der Waals surface area contributed by atoms with Crippen molar-refractivity contribution in [3.8, 4) is 11.5 Å². The molecule has 2 aromatic rings. The minimum atomic E-state index is -0.243. The summed E-state index contributed by atoms with van der Waals surface area (Å²) in [6.45, 7) is 7.83. The molecule has 2 aromatic carbocycles. The lowest BCUT2D eigenvalue weighted by atomic mass is 10.2. The van der Waals surface area contributed by atoms with E-state index < -0.39 is 0 Å². The quantitative estimate of drug-likeness (QED) is 0.706. The molecule has 0 unspecified atom stereocenters. The predicted octanol–water partition coefficient (Wildman–Crippen LogP) is 5.52. The van der Waals surface area contributed by atoms with Crippen LogP contribution in [0.1, 0.15) is 31.9 Å². The van der Waals surface area contributed by atoms with E-state index in [-0.39, 0.29) is 5.82 Å². The second-order valence-electron chi connectivity index (χ2n) is 4.01. The molecule has 0 heterocycles. The summed E-state index contributed by atoms with van der Waals surface area (Å²) in [5.74, 6) is 1.01. The van der Waals surface area contributed by atoms with Gasteiger partial charge < -0.3 is 4.74 Å². The van der Waals surface area contributed by atoms with Crippen molar-refractivity contribution in [1.29, 1.82) is 0 Å². The smallest absolute Gasteiger partial charge is 0.130 e. The Hall–Kier alpha value is -1.83. The van der Waals surface area contributed by atoms with Gasteiger partial charge in [0.2, 0.25) is 0 Å². The van der Waals surface area contributed by atoms with Crippen LogP contribution < -0.4 is 4.74 Å². The van der Waals surface area contributed by atoms with Crippen LogP contribution in [0, 0.1) is 12.7 Å². The van der Waals surface area contributed by atoms with E-state index in [4.69, 9.17) is 4.74 Å². The van der Waals surface area contributed by atoms with Gasteiger partial charge >= 0.3 is 0 Å². The summed E-state index contributed by atoms with van der Waals surface area (Å²) in [5, 5.41) is 0. The second-order valence-corrected chi connectivity index (χ2v) is 4.01. The van der Waals surface area contributed by atoms with Gasteiger partial charge in [-0.1, -0.05) is 39.0 Å². The number of ether oxygens (including phenoxy) is 1. The summed E-state index contributed by atoms with van der Waals surface area (Å²) >= 11 is 0. The first-order chi connectivity index (χ1) is 9.19. The molecule has 2 rings (SSSR count). The Morgan fingerprint density at radius 1 is 0.947 bits per heavy atom. The SMILES string of the molecule is CC.CCc1ccc(Oc2ccc(C)c(F)c2)cc1. The highest BCUT2D eigenvalue weighted by atomic mass is 19.1. The van der Waals surface area contributed by atoms with Crippen molar-refractivity contribution in [2.45, 2.75) is 34.1 Å². The maximum absolute atomic E-state index is 13.3. The first-order valence-electron chi connectivity index (χ1n) is 6.72. The van der Waals surface area contributed by atoms with Crippen LogP contribution in [0.5, 0.6) is 11.5 Å². The van der Waals surface area contributed by atoms with Crippen molar-refractivity contribution >= 4 is 0 Å². The summed E-state index contributed by atoms with van der Waals surface area (Å²) < 4.78 is 18.9. The summed E-state index contributed by atoms with van der Waals surface area (Å²) in [6.07, 6.45) is 0.999. The molecule has 0 atom stereocenters. The summed E-state index contributed by atoms with van der Waals surface area (Å²) in [5.41, 5.74) is 1.88. The average molecular weight is 260 g/mol. The Balaban J connectivity index is 0.000000861. The van der Waals surface area contributed by atoms with Gasteiger partial charge in [0.15, 0.2) is 0 Å². The first-order valence-corrected chi connectivity index (χ1v) is 6.72. The molecule has 0 bridgehead atoms. The van der Waals surface area contributed by atoms with E-state index in [1.807, 2.05) is 38.1 Å². The number of rotatable bonds is 3. The maximum Gasteiger partial charge on any atom is 0.130 e. The lowest BCUT2D eigenvalue weighted by molar-refractivity contribution is 0.476. The van der Waals surface area contributed by atoms with Crippen molar-refractivity contribution in [3.05, 3.63) is 59.4 Å². The van der Waals surface area contributed by atoms with Gasteiger partial charge in [-0.3, -0.25) is 0 Å². The molecule has 0 saturated carbocycles. The number of hydrogen-bond acceptors (Lipinski definition) is 1. The lowest BCUT2D eigenvalue weighted by Crippen LogP contribution is -1.88. The number of aryl methyl sites for hydroxylation is 2. The fourth-order valence-electron chi connectivity index (χ4n) is 1.57. The predicted molar refractivity (Wildman–Crippen MR) is 78.4 cm³/mol. The fraction of sp³-hybridized carbons (Fsp3) is 0.294. The standard InChI is InChI=1S/C15H15FO.C2H6/c1-3-12-5-8-13(9-6-12)17-14-7-4-11(2)15(16)10-14;1-2/h4-10H,3H2,1-2H3;1-2H3. The molecular formula is C17H21FO. The third-order valence-electron chi connectivity index (χ3n) is 2.71. The van der Waals surface area contributed by atoms with E-state index in [1.165, 1.54) is 11.6 Å². The van der Waals surface area contributed by atoms with Crippen molar-refractivity contribution in [3.63, 3.8) is 0 Å². The monoisotopic (exact) mass is 260 g/mol. The van der Waals surface area contributed by atoms with Gasteiger partial charge in [0.05, 0.1) is 0 Å². The van der Waals surface area contributed by atoms with Crippen LogP contribution in [-0.2, 0) is 6.42 Å². The minimum Gasteiger partial charge on any atom is -0.457 e. The van der Waals surface area contributed by atoms with E-state index in [0.29, 0.717) is 11.3 Å². The largest absolute Gasteiger partial charge is 0.457 e. The van der Waals surface area contributed by atoms with Crippen LogP contribution in [-0.4, -0.2) is 0 Å². The third-order valence-corrected chi connectivity index (χ3v) is 2.71. The molecular weight excluding hydrogens is 239 g/mol. The number of halogens is 1. The van der Waals surface area contributed by atoms with Gasteiger partial charge in [0.1, 0.15) is 17.3 Å². The first kappa shape index (κ1) is 15.2. The zero-order valence-corrected chi connectivity index (χ0v) is 12.0. The Bertz CT molecular complexity index is 503. The number of hydrogen-bond donors (Lipinski definition) is 0. The molecule has 1 nitrogen and oxygen atoms in total. The molecule has 0 aliphatic carbocycles. The molecule has 0 spiro atoms. The van der Waals surface area contributed by atoms with Gasteiger partial charge in [-0.15, -0.1) is 0 Å². The molecule has 0 saturated heterocycles. The van der Waals surface area contributed by atoms with E-state index in [0.717, 1.165) is 12.2 Å². The molecule has 0 N–H and O–H groups in total. The zero-order valence-electron chi connectivity index (χ0n) is 12.0. The van der Waals surface area contributed by atoms with Crippen LogP contribution in [0.3, 0.4) is 0 Å². The Morgan fingerprint density at radius 2 is 1.53 bits per heavy atom. The Morgan fingerprint density at radius 3 is 2.05 bits per heavy atom. The molecule has 0 aliphatic rings. The molecule has 0 aromatic heterocycles. The van der Waals surface area contributed by atoms with Crippen LogP contribution in [0.2, 0.25) is 0 Å². The summed E-state index contributed by atoms with van der Waals surface area (Å²) in [4.78, 5) is 0. The highest BCUT2D eigenvalue weighted by Gasteiger charge is 2.01. The van der Waals surface area contributed by atoms with Crippen molar-refractivity contribution in [1.82, 2.24) is 0 Å². The normalized spacial score (nSPS) is 9.53. The van der Waals surface area contributed by atoms with Gasteiger partial charge in [-0.2, -0.15) is 0 Å². The second kappa shape index (κ2) is 7.57. The van der Waals surface area contributed by atoms with E-state index >= 15 is 0 Å². The van der Waals surface area contributed by atoms with E-state index in [9.17, 15) is 4.39 Å². The summed E-state index contributed by atoms with van der Waals surface area (Å²) in [6, 6.07) is 12.7. The molecule has 2 heteroatoms. The van der Waals surface area contributed by atoms with Gasteiger partial charge in [0, 0.05) is 6.07 Å². The van der Waals surface area contributed by atoms with Crippen LogP contribution >= 0.6 is 0 Å². The molecule has 0 amide bonds. The highest BCUT2D eigenvalue weighted by Crippen LogP contribution is 2.23. The van der Waals surface area contributed by atoms with Crippen LogP contribution in [0.4, 0.5) is 4.39 Å². The Kier molecular flexibility index (Phi) is 6.07. The van der Waals surface area contributed by atoms with E-state index in [1.54, 1.807) is 19.1 Å². The minimum absolute atomic E-state index is 0.243. The van der Waals surface area contributed by atoms with Crippen molar-refractivity contribution < 1.29 is 9.13 Å². The number of benzene rings is 2. The van der Waals surface area contributed by atoms with Crippen LogP contribution in [0.15, 0.2) is 42.5 Å². The molecule has 102 valence electrons. The zero-order chi connectivity index (χ0) is 14.3. The topological polar surface area (TPSA) is 9.23 Å².